The molecule has 0 radical (unpaired) electrons. The molecule has 4 heterocycles. The summed E-state index contributed by atoms with van der Waals surface area (Å²) in [5, 5.41) is 0. The lowest BCUT2D eigenvalue weighted by molar-refractivity contribution is 0.0622. The Bertz CT molecular complexity index is 686. The number of amides is 1. The van der Waals surface area contributed by atoms with Crippen molar-refractivity contribution in [3.63, 3.8) is 0 Å². The summed E-state index contributed by atoms with van der Waals surface area (Å²) in [6.45, 7) is 3.80. The molecular weight excluding hydrogens is 316 g/mol. The standard InChI is InChI=1S/C20H26N2O3/c23-20(19-10-9-16(25-19)15-21-11-4-5-12-21)22-13-3-1-2-7-17(22)18-8-6-14-24-18/h6,8-10,14,17H,1-5,7,11-13,15H2. The van der Waals surface area contributed by atoms with Gasteiger partial charge in [0.25, 0.3) is 5.91 Å². The maximum Gasteiger partial charge on any atom is 0.290 e. The first-order valence-electron chi connectivity index (χ1n) is 9.47. The first-order chi connectivity index (χ1) is 12.3. The Labute approximate surface area is 148 Å². The number of hydrogen-bond acceptors (Lipinski definition) is 4. The minimum absolute atomic E-state index is 0.0112. The summed E-state index contributed by atoms with van der Waals surface area (Å²) in [5.74, 6) is 2.19. The molecule has 1 unspecified atom stereocenters. The summed E-state index contributed by atoms with van der Waals surface area (Å²) in [5.41, 5.74) is 0. The molecule has 134 valence electrons. The van der Waals surface area contributed by atoms with Crippen LogP contribution in [0.1, 0.15) is 66.6 Å². The molecule has 2 saturated heterocycles. The summed E-state index contributed by atoms with van der Waals surface area (Å²) >= 11 is 0. The molecule has 0 bridgehead atoms. The van der Waals surface area contributed by atoms with Crippen LogP contribution in [0.4, 0.5) is 0 Å². The van der Waals surface area contributed by atoms with E-state index in [0.29, 0.717) is 5.76 Å². The van der Waals surface area contributed by atoms with Gasteiger partial charge >= 0.3 is 0 Å². The number of hydrogen-bond donors (Lipinski definition) is 0. The second-order valence-electron chi connectivity index (χ2n) is 7.13. The van der Waals surface area contributed by atoms with E-state index in [0.717, 1.165) is 63.4 Å². The smallest absolute Gasteiger partial charge is 0.290 e. The fourth-order valence-electron chi connectivity index (χ4n) is 4.01. The van der Waals surface area contributed by atoms with Crippen LogP contribution < -0.4 is 0 Å². The lowest BCUT2D eigenvalue weighted by Gasteiger charge is -2.27. The Morgan fingerprint density at radius 3 is 2.68 bits per heavy atom. The molecule has 2 aliphatic heterocycles. The molecular formula is C20H26N2O3. The van der Waals surface area contributed by atoms with Crippen molar-refractivity contribution in [1.82, 2.24) is 9.80 Å². The molecule has 2 aromatic rings. The average molecular weight is 342 g/mol. The third-order valence-electron chi connectivity index (χ3n) is 5.34. The fraction of sp³-hybridized carbons (Fsp3) is 0.550. The Hall–Kier alpha value is -2.01. The van der Waals surface area contributed by atoms with Crippen molar-refractivity contribution in [2.24, 2.45) is 0 Å². The molecule has 2 fully saturated rings. The lowest BCUT2D eigenvalue weighted by atomic mass is 10.1. The fourth-order valence-corrected chi connectivity index (χ4v) is 4.01. The van der Waals surface area contributed by atoms with Crippen LogP contribution in [0.15, 0.2) is 39.4 Å². The van der Waals surface area contributed by atoms with Crippen LogP contribution in [0.25, 0.3) is 0 Å². The quantitative estimate of drug-likeness (QED) is 0.834. The monoisotopic (exact) mass is 342 g/mol. The van der Waals surface area contributed by atoms with Gasteiger partial charge in [0.05, 0.1) is 18.8 Å². The van der Waals surface area contributed by atoms with Gasteiger partial charge in [-0.15, -0.1) is 0 Å². The van der Waals surface area contributed by atoms with E-state index in [1.54, 1.807) is 6.26 Å². The van der Waals surface area contributed by atoms with E-state index in [1.807, 2.05) is 29.2 Å². The van der Waals surface area contributed by atoms with Crippen LogP contribution in [0, 0.1) is 0 Å². The Kier molecular flexibility index (Phi) is 4.92. The van der Waals surface area contributed by atoms with Gasteiger partial charge in [0.15, 0.2) is 5.76 Å². The second-order valence-corrected chi connectivity index (χ2v) is 7.13. The van der Waals surface area contributed by atoms with E-state index < -0.39 is 0 Å². The molecule has 2 aliphatic rings. The molecule has 25 heavy (non-hydrogen) atoms. The SMILES string of the molecule is O=C(c1ccc(CN2CCCC2)o1)N1CCCCCC1c1ccco1. The molecule has 0 aliphatic carbocycles. The number of carbonyl (C=O) groups excluding carboxylic acids is 1. The lowest BCUT2D eigenvalue weighted by Crippen LogP contribution is -2.34. The van der Waals surface area contributed by atoms with Crippen LogP contribution in [0.5, 0.6) is 0 Å². The van der Waals surface area contributed by atoms with Crippen LogP contribution in [-0.4, -0.2) is 35.3 Å². The van der Waals surface area contributed by atoms with Gasteiger partial charge in [-0.05, 0) is 63.0 Å². The zero-order valence-electron chi connectivity index (χ0n) is 14.7. The van der Waals surface area contributed by atoms with E-state index in [2.05, 4.69) is 4.90 Å². The van der Waals surface area contributed by atoms with Crippen LogP contribution >= 0.6 is 0 Å². The van der Waals surface area contributed by atoms with Gasteiger partial charge in [-0.25, -0.2) is 0 Å². The van der Waals surface area contributed by atoms with Crippen molar-refractivity contribution in [2.45, 2.75) is 51.1 Å². The third kappa shape index (κ3) is 3.66. The van der Waals surface area contributed by atoms with Crippen molar-refractivity contribution in [1.29, 1.82) is 0 Å². The zero-order chi connectivity index (χ0) is 17.1. The van der Waals surface area contributed by atoms with Crippen LogP contribution in [0.3, 0.4) is 0 Å². The molecule has 2 aromatic heterocycles. The minimum atomic E-state index is -0.0176. The second kappa shape index (κ2) is 7.48. The van der Waals surface area contributed by atoms with Crippen molar-refractivity contribution in [3.05, 3.63) is 47.8 Å². The highest BCUT2D eigenvalue weighted by molar-refractivity contribution is 5.91. The summed E-state index contributed by atoms with van der Waals surface area (Å²) in [6.07, 6.45) is 8.44. The molecule has 5 heteroatoms. The normalized spacial score (nSPS) is 22.2. The van der Waals surface area contributed by atoms with Gasteiger partial charge in [0.1, 0.15) is 11.5 Å². The largest absolute Gasteiger partial charge is 0.467 e. The maximum atomic E-state index is 13.1. The molecule has 5 nitrogen and oxygen atoms in total. The van der Waals surface area contributed by atoms with Crippen LogP contribution in [0.2, 0.25) is 0 Å². The van der Waals surface area contributed by atoms with Gasteiger partial charge < -0.3 is 13.7 Å². The van der Waals surface area contributed by atoms with Gasteiger partial charge in [0.2, 0.25) is 0 Å². The molecule has 1 atom stereocenters. The summed E-state index contributed by atoms with van der Waals surface area (Å²) in [7, 11) is 0. The Morgan fingerprint density at radius 1 is 1.04 bits per heavy atom. The van der Waals surface area contributed by atoms with E-state index in [1.165, 1.54) is 12.8 Å². The van der Waals surface area contributed by atoms with Crippen molar-refractivity contribution in [2.75, 3.05) is 19.6 Å². The topological polar surface area (TPSA) is 49.8 Å². The molecule has 0 saturated carbocycles. The maximum absolute atomic E-state index is 13.1. The third-order valence-corrected chi connectivity index (χ3v) is 5.34. The highest BCUT2D eigenvalue weighted by Crippen LogP contribution is 2.32. The van der Waals surface area contributed by atoms with E-state index in [-0.39, 0.29) is 11.9 Å². The summed E-state index contributed by atoms with van der Waals surface area (Å²) < 4.78 is 11.5. The van der Waals surface area contributed by atoms with E-state index in [9.17, 15) is 4.79 Å². The predicted molar refractivity (Wildman–Crippen MR) is 94.2 cm³/mol. The van der Waals surface area contributed by atoms with Gasteiger partial charge in [-0.3, -0.25) is 9.69 Å². The first-order valence-corrected chi connectivity index (χ1v) is 9.47. The number of carbonyl (C=O) groups is 1. The van der Waals surface area contributed by atoms with E-state index >= 15 is 0 Å². The Balaban J connectivity index is 1.50. The highest BCUT2D eigenvalue weighted by Gasteiger charge is 2.31. The summed E-state index contributed by atoms with van der Waals surface area (Å²) in [4.78, 5) is 17.4. The molecule has 0 spiro atoms. The molecule has 0 N–H and O–H groups in total. The highest BCUT2D eigenvalue weighted by atomic mass is 16.4. The molecule has 1 amide bonds. The Morgan fingerprint density at radius 2 is 1.88 bits per heavy atom. The van der Waals surface area contributed by atoms with Gasteiger partial charge in [-0.1, -0.05) is 12.8 Å². The predicted octanol–water partition coefficient (Wildman–Crippen LogP) is 4.23. The summed E-state index contributed by atoms with van der Waals surface area (Å²) in [6, 6.07) is 7.65. The van der Waals surface area contributed by atoms with Gasteiger partial charge in [-0.2, -0.15) is 0 Å². The van der Waals surface area contributed by atoms with Gasteiger partial charge in [0, 0.05) is 6.54 Å². The van der Waals surface area contributed by atoms with Crippen molar-refractivity contribution in [3.8, 4) is 0 Å². The number of nitrogens with zero attached hydrogens (tertiary/aromatic N) is 2. The minimum Gasteiger partial charge on any atom is -0.467 e. The average Bonchev–Trinajstić information content (AvgIpc) is 3.36. The van der Waals surface area contributed by atoms with Crippen LogP contribution in [-0.2, 0) is 6.54 Å². The first kappa shape index (κ1) is 16.5. The molecule has 4 rings (SSSR count). The van der Waals surface area contributed by atoms with Crippen molar-refractivity contribution < 1.29 is 13.6 Å². The van der Waals surface area contributed by atoms with E-state index in [4.69, 9.17) is 8.83 Å². The van der Waals surface area contributed by atoms with Crippen molar-refractivity contribution >= 4 is 5.91 Å². The zero-order valence-corrected chi connectivity index (χ0v) is 14.7. The molecule has 0 aromatic carbocycles. The number of rotatable bonds is 4. The number of likely N-dealkylation sites (tertiary alicyclic amines) is 2. The number of furan rings is 2.